The second kappa shape index (κ2) is 5.59. The van der Waals surface area contributed by atoms with Crippen LogP contribution in [0.4, 0.5) is 8.78 Å². The van der Waals surface area contributed by atoms with E-state index >= 15 is 0 Å². The van der Waals surface area contributed by atoms with Crippen LogP contribution < -0.4 is 0 Å². The number of benzene rings is 1. The Morgan fingerprint density at radius 3 is 2.61 bits per heavy atom. The highest BCUT2D eigenvalue weighted by molar-refractivity contribution is 7.10. The quantitative estimate of drug-likeness (QED) is 0.829. The minimum absolute atomic E-state index is 0.0552. The van der Waals surface area contributed by atoms with Gasteiger partial charge in [0.05, 0.1) is 5.02 Å². The zero-order chi connectivity index (χ0) is 13.1. The molecule has 1 nitrogen and oxygen atoms in total. The summed E-state index contributed by atoms with van der Waals surface area (Å²) in [4.78, 5) is 12.5. The van der Waals surface area contributed by atoms with Crippen molar-refractivity contribution < 1.29 is 13.6 Å². The predicted octanol–water partition coefficient (Wildman–Crippen LogP) is 4.03. The molecule has 1 aromatic carbocycles. The SMILES string of the molecule is O=C(Cc1ccc(F)cc1F)Cc1sccc1Cl. The molecule has 0 unspecified atom stereocenters. The average Bonchev–Trinajstić information content (AvgIpc) is 2.69. The highest BCUT2D eigenvalue weighted by Crippen LogP contribution is 2.23. The highest BCUT2D eigenvalue weighted by atomic mass is 35.5. The van der Waals surface area contributed by atoms with Gasteiger partial charge in [-0.1, -0.05) is 17.7 Å². The fourth-order valence-electron chi connectivity index (χ4n) is 1.57. The van der Waals surface area contributed by atoms with Crippen molar-refractivity contribution in [3.05, 3.63) is 56.7 Å². The molecule has 0 atom stereocenters. The van der Waals surface area contributed by atoms with Crippen LogP contribution in [0.5, 0.6) is 0 Å². The van der Waals surface area contributed by atoms with E-state index in [4.69, 9.17) is 11.6 Å². The van der Waals surface area contributed by atoms with E-state index < -0.39 is 11.6 Å². The molecule has 1 aromatic heterocycles. The Morgan fingerprint density at radius 2 is 2.00 bits per heavy atom. The molecule has 0 N–H and O–H groups in total. The zero-order valence-corrected chi connectivity index (χ0v) is 10.8. The molecular weight excluding hydrogens is 278 g/mol. The molecule has 1 heterocycles. The Hall–Kier alpha value is -1.26. The van der Waals surface area contributed by atoms with E-state index in [0.717, 1.165) is 17.0 Å². The molecule has 0 spiro atoms. The molecule has 94 valence electrons. The van der Waals surface area contributed by atoms with Crippen LogP contribution in [0.15, 0.2) is 29.6 Å². The lowest BCUT2D eigenvalue weighted by atomic mass is 10.1. The molecule has 18 heavy (non-hydrogen) atoms. The number of carbonyl (C=O) groups excluding carboxylic acids is 1. The standard InChI is InChI=1S/C13H9ClF2OS/c14-11-3-4-18-13(11)7-10(17)5-8-1-2-9(15)6-12(8)16/h1-4,6H,5,7H2. The number of rotatable bonds is 4. The van der Waals surface area contributed by atoms with Crippen molar-refractivity contribution in [2.75, 3.05) is 0 Å². The number of thiophene rings is 1. The normalized spacial score (nSPS) is 10.6. The summed E-state index contributed by atoms with van der Waals surface area (Å²) in [6.07, 6.45) is 0.119. The largest absolute Gasteiger partial charge is 0.299 e. The van der Waals surface area contributed by atoms with Gasteiger partial charge >= 0.3 is 0 Å². The van der Waals surface area contributed by atoms with Gasteiger partial charge in [0.15, 0.2) is 0 Å². The monoisotopic (exact) mass is 286 g/mol. The Morgan fingerprint density at radius 1 is 1.22 bits per heavy atom. The molecule has 0 aliphatic rings. The minimum Gasteiger partial charge on any atom is -0.299 e. The predicted molar refractivity (Wildman–Crippen MR) is 68.1 cm³/mol. The second-order valence-corrected chi connectivity index (χ2v) is 5.23. The maximum atomic E-state index is 13.4. The van der Waals surface area contributed by atoms with Gasteiger partial charge in [-0.25, -0.2) is 8.78 Å². The molecule has 0 fully saturated rings. The lowest BCUT2D eigenvalue weighted by Gasteiger charge is -2.02. The van der Waals surface area contributed by atoms with E-state index in [-0.39, 0.29) is 24.2 Å². The summed E-state index contributed by atoms with van der Waals surface area (Å²) >= 11 is 7.26. The summed E-state index contributed by atoms with van der Waals surface area (Å²) in [5, 5.41) is 2.34. The Labute approximate surface area is 112 Å². The van der Waals surface area contributed by atoms with Gasteiger partial charge in [0.1, 0.15) is 17.4 Å². The Kier molecular flexibility index (Phi) is 4.09. The molecule has 5 heteroatoms. The highest BCUT2D eigenvalue weighted by Gasteiger charge is 2.12. The van der Waals surface area contributed by atoms with Crippen molar-refractivity contribution in [1.29, 1.82) is 0 Å². The number of ketones is 1. The second-order valence-electron chi connectivity index (χ2n) is 3.82. The van der Waals surface area contributed by atoms with E-state index in [2.05, 4.69) is 0 Å². The number of Topliss-reactive ketones (excluding diaryl/α,β-unsaturated/α-hetero) is 1. The number of hydrogen-bond donors (Lipinski definition) is 0. The lowest BCUT2D eigenvalue weighted by Crippen LogP contribution is -2.07. The summed E-state index contributed by atoms with van der Waals surface area (Å²) in [5.74, 6) is -1.49. The van der Waals surface area contributed by atoms with Gasteiger partial charge in [-0.05, 0) is 23.1 Å². The van der Waals surface area contributed by atoms with Gasteiger partial charge in [0, 0.05) is 23.8 Å². The number of halogens is 3. The van der Waals surface area contributed by atoms with Crippen molar-refractivity contribution in [1.82, 2.24) is 0 Å². The van der Waals surface area contributed by atoms with Crippen LogP contribution >= 0.6 is 22.9 Å². The first-order valence-corrected chi connectivity index (χ1v) is 6.49. The molecule has 0 amide bonds. The molecule has 0 saturated heterocycles. The average molecular weight is 287 g/mol. The van der Waals surface area contributed by atoms with E-state index in [0.29, 0.717) is 5.02 Å². The molecule has 0 saturated carbocycles. The molecule has 2 rings (SSSR count). The maximum absolute atomic E-state index is 13.4. The fourth-order valence-corrected chi connectivity index (χ4v) is 2.70. The first-order chi connectivity index (χ1) is 8.56. The third kappa shape index (κ3) is 3.15. The van der Waals surface area contributed by atoms with Crippen LogP contribution in [0.3, 0.4) is 0 Å². The van der Waals surface area contributed by atoms with Crippen LogP contribution in [0.25, 0.3) is 0 Å². The van der Waals surface area contributed by atoms with Crippen molar-refractivity contribution in [2.24, 2.45) is 0 Å². The van der Waals surface area contributed by atoms with Crippen molar-refractivity contribution in [3.63, 3.8) is 0 Å². The number of hydrogen-bond acceptors (Lipinski definition) is 2. The van der Waals surface area contributed by atoms with E-state index in [9.17, 15) is 13.6 Å². The minimum atomic E-state index is -0.694. The molecular formula is C13H9ClF2OS. The van der Waals surface area contributed by atoms with E-state index in [1.807, 2.05) is 0 Å². The first kappa shape index (κ1) is 13.2. The van der Waals surface area contributed by atoms with Gasteiger partial charge < -0.3 is 0 Å². The molecule has 0 aliphatic heterocycles. The maximum Gasteiger partial charge on any atom is 0.142 e. The fraction of sp³-hybridized carbons (Fsp3) is 0.154. The van der Waals surface area contributed by atoms with Crippen LogP contribution in [0, 0.1) is 11.6 Å². The van der Waals surface area contributed by atoms with Crippen LogP contribution in [0.1, 0.15) is 10.4 Å². The summed E-state index contributed by atoms with van der Waals surface area (Å²) in [5.41, 5.74) is 0.203. The Balaban J connectivity index is 2.05. The van der Waals surface area contributed by atoms with Gasteiger partial charge in [0.2, 0.25) is 0 Å². The zero-order valence-electron chi connectivity index (χ0n) is 9.25. The van der Waals surface area contributed by atoms with Gasteiger partial charge in [-0.3, -0.25) is 4.79 Å². The summed E-state index contributed by atoms with van der Waals surface area (Å²) in [6.45, 7) is 0. The summed E-state index contributed by atoms with van der Waals surface area (Å²) < 4.78 is 26.1. The van der Waals surface area contributed by atoms with Crippen molar-refractivity contribution >= 4 is 28.7 Å². The van der Waals surface area contributed by atoms with Crippen LogP contribution in [-0.2, 0) is 17.6 Å². The molecule has 0 bridgehead atoms. The topological polar surface area (TPSA) is 17.1 Å². The van der Waals surface area contributed by atoms with E-state index in [1.165, 1.54) is 17.4 Å². The molecule has 0 radical (unpaired) electrons. The van der Waals surface area contributed by atoms with Gasteiger partial charge in [-0.15, -0.1) is 11.3 Å². The Bertz CT molecular complexity index is 580. The lowest BCUT2D eigenvalue weighted by molar-refractivity contribution is -0.117. The third-order valence-electron chi connectivity index (χ3n) is 2.45. The summed E-state index contributed by atoms with van der Waals surface area (Å²) in [7, 11) is 0. The number of carbonyl (C=O) groups is 1. The van der Waals surface area contributed by atoms with Gasteiger partial charge in [-0.2, -0.15) is 0 Å². The van der Waals surface area contributed by atoms with Crippen molar-refractivity contribution in [2.45, 2.75) is 12.8 Å². The van der Waals surface area contributed by atoms with Gasteiger partial charge in [0.25, 0.3) is 0 Å². The summed E-state index contributed by atoms with van der Waals surface area (Å²) in [6, 6.07) is 4.93. The molecule has 0 aliphatic carbocycles. The molecule has 2 aromatic rings. The third-order valence-corrected chi connectivity index (χ3v) is 3.84. The van der Waals surface area contributed by atoms with Crippen molar-refractivity contribution in [3.8, 4) is 0 Å². The van der Waals surface area contributed by atoms with E-state index in [1.54, 1.807) is 11.4 Å². The first-order valence-electron chi connectivity index (χ1n) is 5.24. The smallest absolute Gasteiger partial charge is 0.142 e. The van der Waals surface area contributed by atoms with Crippen LogP contribution in [-0.4, -0.2) is 5.78 Å². The van der Waals surface area contributed by atoms with Crippen LogP contribution in [0.2, 0.25) is 5.02 Å².